The van der Waals surface area contributed by atoms with Crippen molar-refractivity contribution in [1.29, 1.82) is 0 Å². The third-order valence-corrected chi connectivity index (χ3v) is 4.37. The maximum Gasteiger partial charge on any atom is 0.244 e. The molecule has 2 aromatic carbocycles. The molecule has 0 aliphatic rings. The molecule has 0 heterocycles. The highest BCUT2D eigenvalue weighted by Crippen LogP contribution is 2.20. The summed E-state index contributed by atoms with van der Waals surface area (Å²) < 4.78 is 0.311. The average molecular weight is 474 g/mol. The largest absolute Gasteiger partial charge is 0.339 e. The highest BCUT2D eigenvalue weighted by atomic mass is 127. The lowest BCUT2D eigenvalue weighted by atomic mass is 10.0. The molecular weight excluding hydrogens is 460 g/mol. The van der Waals surface area contributed by atoms with Crippen molar-refractivity contribution in [3.63, 3.8) is 0 Å². The van der Waals surface area contributed by atoms with Crippen LogP contribution in [0.5, 0.6) is 0 Å². The van der Waals surface area contributed by atoms with Crippen LogP contribution in [0.2, 0.25) is 10.0 Å². The third-order valence-electron chi connectivity index (χ3n) is 3.19. The van der Waals surface area contributed by atoms with Crippen molar-refractivity contribution >= 4 is 63.6 Å². The maximum absolute atomic E-state index is 12.2. The first-order valence-corrected chi connectivity index (χ1v) is 9.36. The van der Waals surface area contributed by atoms with Gasteiger partial charge in [0.2, 0.25) is 5.91 Å². The first kappa shape index (κ1) is 19.0. The topological polar surface area (TPSA) is 46.2 Å². The lowest BCUT2D eigenvalue weighted by Crippen LogP contribution is -2.33. The maximum atomic E-state index is 12.2. The van der Waals surface area contributed by atoms with E-state index in [4.69, 9.17) is 23.2 Å². The number of carbonyl (C=O) groups excluding carboxylic acids is 2. The molecule has 3 nitrogen and oxygen atoms in total. The van der Waals surface area contributed by atoms with Crippen LogP contribution in [-0.4, -0.2) is 16.1 Å². The molecule has 0 unspecified atom stereocenters. The molecule has 1 amide bonds. The minimum Gasteiger partial charge on any atom is -0.339 e. The van der Waals surface area contributed by atoms with Gasteiger partial charge in [0.05, 0.1) is 4.43 Å². The van der Waals surface area contributed by atoms with Gasteiger partial charge in [-0.1, -0.05) is 76.1 Å². The molecule has 0 aliphatic heterocycles. The second kappa shape index (κ2) is 9.20. The molecule has 124 valence electrons. The van der Waals surface area contributed by atoms with Crippen molar-refractivity contribution in [3.8, 4) is 0 Å². The van der Waals surface area contributed by atoms with Gasteiger partial charge in [0, 0.05) is 16.1 Å². The Morgan fingerprint density at radius 3 is 2.29 bits per heavy atom. The van der Waals surface area contributed by atoms with Crippen LogP contribution in [0.25, 0.3) is 6.08 Å². The molecule has 6 heteroatoms. The SMILES string of the molecule is O=C(/C=C/c1cc(Cl)cc(Cl)c1)N[C@H](C(=O)CI)c1ccccc1. The Balaban J connectivity index is 2.13. The molecule has 2 aromatic rings. The Labute approximate surface area is 164 Å². The molecule has 0 spiro atoms. The second-order valence-electron chi connectivity index (χ2n) is 4.99. The summed E-state index contributed by atoms with van der Waals surface area (Å²) in [5.41, 5.74) is 1.46. The van der Waals surface area contributed by atoms with E-state index in [1.807, 2.05) is 52.9 Å². The van der Waals surface area contributed by atoms with Crippen LogP contribution in [-0.2, 0) is 9.59 Å². The normalized spacial score (nSPS) is 12.1. The van der Waals surface area contributed by atoms with Crippen LogP contribution in [0.15, 0.2) is 54.6 Å². The first-order valence-electron chi connectivity index (χ1n) is 7.08. The summed E-state index contributed by atoms with van der Waals surface area (Å²) >= 11 is 13.8. The number of carbonyl (C=O) groups is 2. The van der Waals surface area contributed by atoms with Crippen LogP contribution < -0.4 is 5.32 Å². The van der Waals surface area contributed by atoms with Gasteiger partial charge in [-0.3, -0.25) is 9.59 Å². The van der Waals surface area contributed by atoms with Gasteiger partial charge in [0.15, 0.2) is 5.78 Å². The van der Waals surface area contributed by atoms with Gasteiger partial charge in [-0.05, 0) is 35.4 Å². The monoisotopic (exact) mass is 473 g/mol. The number of alkyl halides is 1. The van der Waals surface area contributed by atoms with Gasteiger partial charge in [0.25, 0.3) is 0 Å². The molecule has 24 heavy (non-hydrogen) atoms. The zero-order chi connectivity index (χ0) is 17.5. The van der Waals surface area contributed by atoms with Gasteiger partial charge in [-0.25, -0.2) is 0 Å². The standard InChI is InChI=1S/C18H14Cl2INO2/c19-14-8-12(9-15(20)10-14)6-7-17(24)22-18(16(23)11-21)13-4-2-1-3-5-13/h1-10,18H,11H2,(H,22,24)/b7-6+/t18-/m0/s1. The Morgan fingerprint density at radius 2 is 1.71 bits per heavy atom. The molecule has 0 saturated carbocycles. The highest BCUT2D eigenvalue weighted by molar-refractivity contribution is 14.1. The van der Waals surface area contributed by atoms with Gasteiger partial charge in [-0.2, -0.15) is 0 Å². The van der Waals surface area contributed by atoms with E-state index in [1.54, 1.807) is 24.3 Å². The summed E-state index contributed by atoms with van der Waals surface area (Å²) in [7, 11) is 0. The fraction of sp³-hybridized carbons (Fsp3) is 0.111. The Morgan fingerprint density at radius 1 is 1.08 bits per heavy atom. The minimum absolute atomic E-state index is 0.0608. The van der Waals surface area contributed by atoms with Crippen molar-refractivity contribution in [2.75, 3.05) is 4.43 Å². The molecule has 1 atom stereocenters. The predicted molar refractivity (Wildman–Crippen MR) is 107 cm³/mol. The first-order chi connectivity index (χ1) is 11.5. The van der Waals surface area contributed by atoms with Crippen molar-refractivity contribution in [2.45, 2.75) is 6.04 Å². The number of nitrogens with one attached hydrogen (secondary N) is 1. The third kappa shape index (κ3) is 5.61. The zero-order valence-electron chi connectivity index (χ0n) is 12.5. The summed E-state index contributed by atoms with van der Waals surface area (Å²) in [4.78, 5) is 24.3. The van der Waals surface area contributed by atoms with Crippen molar-refractivity contribution in [1.82, 2.24) is 5.32 Å². The number of hydrogen-bond acceptors (Lipinski definition) is 2. The molecule has 2 rings (SSSR count). The van der Waals surface area contributed by atoms with Crippen LogP contribution in [0.1, 0.15) is 17.2 Å². The summed E-state index contributed by atoms with van der Waals surface area (Å²) in [5.74, 6) is -0.424. The predicted octanol–water partition coefficient (Wildman–Crippen LogP) is 4.87. The van der Waals surface area contributed by atoms with Crippen LogP contribution in [0.4, 0.5) is 0 Å². The van der Waals surface area contributed by atoms with Crippen LogP contribution in [0, 0.1) is 0 Å². The smallest absolute Gasteiger partial charge is 0.244 e. The molecule has 0 saturated heterocycles. The lowest BCUT2D eigenvalue weighted by Gasteiger charge is -2.16. The zero-order valence-corrected chi connectivity index (χ0v) is 16.2. The van der Waals surface area contributed by atoms with E-state index in [9.17, 15) is 9.59 Å². The number of rotatable bonds is 6. The number of benzene rings is 2. The van der Waals surface area contributed by atoms with Gasteiger partial charge >= 0.3 is 0 Å². The average Bonchev–Trinajstić information content (AvgIpc) is 2.57. The number of amides is 1. The Kier molecular flexibility index (Phi) is 7.27. The second-order valence-corrected chi connectivity index (χ2v) is 6.62. The molecule has 1 N–H and O–H groups in total. The summed E-state index contributed by atoms with van der Waals surface area (Å²) in [6.07, 6.45) is 2.96. The van der Waals surface area contributed by atoms with Gasteiger partial charge in [0.1, 0.15) is 6.04 Å². The molecule has 0 bridgehead atoms. The summed E-state index contributed by atoms with van der Waals surface area (Å²) in [5, 5.41) is 3.72. The molecule has 0 fully saturated rings. The summed E-state index contributed by atoms with van der Waals surface area (Å²) in [6, 6.07) is 13.5. The number of ketones is 1. The van der Waals surface area contributed by atoms with E-state index in [0.717, 1.165) is 5.56 Å². The van der Waals surface area contributed by atoms with E-state index >= 15 is 0 Å². The molecule has 0 aliphatic carbocycles. The summed E-state index contributed by atoms with van der Waals surface area (Å²) in [6.45, 7) is 0. The van der Waals surface area contributed by atoms with Gasteiger partial charge < -0.3 is 5.32 Å². The fourth-order valence-corrected chi connectivity index (χ4v) is 3.09. The van der Waals surface area contributed by atoms with E-state index < -0.39 is 6.04 Å². The fourth-order valence-electron chi connectivity index (χ4n) is 2.11. The van der Waals surface area contributed by atoms with Crippen LogP contribution in [0.3, 0.4) is 0 Å². The quantitative estimate of drug-likeness (QED) is 0.369. The lowest BCUT2D eigenvalue weighted by molar-refractivity contribution is -0.124. The van der Waals surface area contributed by atoms with E-state index in [0.29, 0.717) is 20.0 Å². The Bertz CT molecular complexity index is 743. The molecule has 0 aromatic heterocycles. The number of halogens is 3. The van der Waals surface area contributed by atoms with E-state index in [2.05, 4.69) is 5.32 Å². The number of Topliss-reactive ketones (excluding diaryl/α,β-unsaturated/α-hetero) is 1. The van der Waals surface area contributed by atoms with Crippen molar-refractivity contribution in [3.05, 3.63) is 75.8 Å². The number of hydrogen-bond donors (Lipinski definition) is 1. The molecular formula is C18H14Cl2INO2. The molecule has 0 radical (unpaired) electrons. The van der Waals surface area contributed by atoms with Gasteiger partial charge in [-0.15, -0.1) is 0 Å². The highest BCUT2D eigenvalue weighted by Gasteiger charge is 2.20. The Hall–Kier alpha value is -1.37. The van der Waals surface area contributed by atoms with Crippen molar-refractivity contribution in [2.24, 2.45) is 0 Å². The van der Waals surface area contributed by atoms with E-state index in [1.165, 1.54) is 6.08 Å². The van der Waals surface area contributed by atoms with E-state index in [-0.39, 0.29) is 11.7 Å². The van der Waals surface area contributed by atoms with Crippen LogP contribution >= 0.6 is 45.8 Å². The van der Waals surface area contributed by atoms with Crippen molar-refractivity contribution < 1.29 is 9.59 Å². The minimum atomic E-state index is -0.664.